The molecule has 2 N–H and O–H groups in total. The summed E-state index contributed by atoms with van der Waals surface area (Å²) in [7, 11) is 1.99. The first-order valence-corrected chi connectivity index (χ1v) is 7.73. The van der Waals surface area contributed by atoms with Crippen LogP contribution in [-0.2, 0) is 0 Å². The molecule has 0 saturated heterocycles. The van der Waals surface area contributed by atoms with Crippen molar-refractivity contribution < 1.29 is 5.11 Å². The molecule has 2 aliphatic carbocycles. The molecule has 0 heterocycles. The van der Waals surface area contributed by atoms with Crippen LogP contribution in [0.25, 0.3) is 0 Å². The van der Waals surface area contributed by atoms with E-state index in [9.17, 15) is 5.11 Å². The van der Waals surface area contributed by atoms with E-state index in [0.29, 0.717) is 11.0 Å². The van der Waals surface area contributed by atoms with Crippen molar-refractivity contribution >= 4 is 23.2 Å². The van der Waals surface area contributed by atoms with Crippen molar-refractivity contribution in [2.75, 3.05) is 13.6 Å². The molecule has 0 amide bonds. The highest BCUT2D eigenvalue weighted by atomic mass is 35.5. The minimum Gasteiger partial charge on any atom is -0.390 e. The maximum Gasteiger partial charge on any atom is 0.0620 e. The van der Waals surface area contributed by atoms with Crippen LogP contribution in [0.5, 0.6) is 0 Å². The van der Waals surface area contributed by atoms with Crippen LogP contribution < -0.4 is 5.32 Å². The van der Waals surface area contributed by atoms with Gasteiger partial charge in [0.05, 0.1) is 10.6 Å². The highest BCUT2D eigenvalue weighted by Crippen LogP contribution is 2.49. The summed E-state index contributed by atoms with van der Waals surface area (Å²) in [4.78, 5) is 0. The zero-order chi connectivity index (χ0) is 14.1. The van der Waals surface area contributed by atoms with Gasteiger partial charge in [-0.1, -0.05) is 29.3 Å². The van der Waals surface area contributed by atoms with E-state index >= 15 is 0 Å². The monoisotopic (exact) mass is 303 g/mol. The van der Waals surface area contributed by atoms with Crippen molar-refractivity contribution in [1.82, 2.24) is 5.32 Å². The second kappa shape index (κ2) is 5.77. The van der Waals surface area contributed by atoms with E-state index in [2.05, 4.69) is 11.4 Å². The van der Waals surface area contributed by atoms with Gasteiger partial charge in [0.2, 0.25) is 0 Å². The lowest BCUT2D eigenvalue weighted by Gasteiger charge is -2.47. The summed E-state index contributed by atoms with van der Waals surface area (Å²) in [6.07, 6.45) is 8.71. The lowest BCUT2D eigenvalue weighted by Crippen LogP contribution is -2.46. The number of allylic oxidation sites excluding steroid dienone is 4. The second-order valence-corrected chi connectivity index (χ2v) is 7.18. The Bertz CT molecular complexity index is 391. The maximum absolute atomic E-state index is 10.2. The molecule has 0 aromatic rings. The van der Waals surface area contributed by atoms with Crippen molar-refractivity contribution in [1.29, 1.82) is 0 Å². The smallest absolute Gasteiger partial charge is 0.0620 e. The van der Waals surface area contributed by atoms with Gasteiger partial charge in [-0.15, -0.1) is 0 Å². The van der Waals surface area contributed by atoms with Crippen LogP contribution >= 0.6 is 23.2 Å². The van der Waals surface area contributed by atoms with Crippen molar-refractivity contribution in [2.45, 2.75) is 44.6 Å². The maximum atomic E-state index is 10.2. The van der Waals surface area contributed by atoms with Gasteiger partial charge >= 0.3 is 0 Å². The average molecular weight is 304 g/mol. The zero-order valence-corrected chi connectivity index (χ0v) is 13.2. The minimum absolute atomic E-state index is 0.186. The van der Waals surface area contributed by atoms with Gasteiger partial charge in [-0.05, 0) is 63.5 Å². The molecule has 0 aromatic carbocycles. The Labute approximate surface area is 125 Å². The van der Waals surface area contributed by atoms with Crippen LogP contribution in [-0.4, -0.2) is 24.3 Å². The number of aliphatic hydroxyl groups is 1. The fourth-order valence-electron chi connectivity index (χ4n) is 3.39. The summed E-state index contributed by atoms with van der Waals surface area (Å²) >= 11 is 12.3. The predicted octanol–water partition coefficient (Wildman–Crippen LogP) is 3.78. The first kappa shape index (κ1) is 15.4. The molecule has 1 fully saturated rings. The summed E-state index contributed by atoms with van der Waals surface area (Å²) < 4.78 is 0. The molecule has 1 atom stereocenters. The molecule has 2 rings (SSSR count). The molecule has 2 aliphatic rings. The van der Waals surface area contributed by atoms with Crippen LogP contribution in [0, 0.1) is 11.3 Å². The van der Waals surface area contributed by atoms with Gasteiger partial charge in [-0.3, -0.25) is 0 Å². The van der Waals surface area contributed by atoms with E-state index < -0.39 is 5.60 Å². The van der Waals surface area contributed by atoms with Crippen molar-refractivity contribution in [3.8, 4) is 0 Å². The molecule has 19 heavy (non-hydrogen) atoms. The van der Waals surface area contributed by atoms with E-state index in [4.69, 9.17) is 23.2 Å². The molecule has 1 unspecified atom stereocenters. The number of rotatable bonds is 3. The Morgan fingerprint density at radius 3 is 2.47 bits per heavy atom. The quantitative estimate of drug-likeness (QED) is 0.831. The SMILES string of the molecule is CNC[C@]1(C2C=CC(Cl)=C(Cl)C2)CC[C@](C)(O)CC1. The molecule has 0 radical (unpaired) electrons. The summed E-state index contributed by atoms with van der Waals surface area (Å²) in [5.74, 6) is 0.408. The van der Waals surface area contributed by atoms with Crippen LogP contribution in [0.3, 0.4) is 0 Å². The van der Waals surface area contributed by atoms with Crippen molar-refractivity contribution in [2.24, 2.45) is 11.3 Å². The first-order chi connectivity index (χ1) is 8.88. The average Bonchev–Trinajstić information content (AvgIpc) is 2.36. The molecule has 0 aromatic heterocycles. The predicted molar refractivity (Wildman–Crippen MR) is 81.4 cm³/mol. The van der Waals surface area contributed by atoms with Crippen molar-refractivity contribution in [3.63, 3.8) is 0 Å². The summed E-state index contributed by atoms with van der Waals surface area (Å²) in [6.45, 7) is 2.90. The van der Waals surface area contributed by atoms with Gasteiger partial charge in [0.25, 0.3) is 0 Å². The van der Waals surface area contributed by atoms with Gasteiger partial charge in [0.15, 0.2) is 0 Å². The minimum atomic E-state index is -0.507. The summed E-state index contributed by atoms with van der Waals surface area (Å²) in [6, 6.07) is 0. The Kier molecular flexibility index (Phi) is 4.67. The van der Waals surface area contributed by atoms with E-state index in [-0.39, 0.29) is 5.41 Å². The van der Waals surface area contributed by atoms with Gasteiger partial charge < -0.3 is 10.4 Å². The Hall–Kier alpha value is -0.0200. The summed E-state index contributed by atoms with van der Waals surface area (Å²) in [5, 5.41) is 14.9. The molecule has 4 heteroatoms. The topological polar surface area (TPSA) is 32.3 Å². The van der Waals surface area contributed by atoms with E-state index in [0.717, 1.165) is 43.7 Å². The van der Waals surface area contributed by atoms with Crippen LogP contribution in [0.15, 0.2) is 22.2 Å². The fourth-order valence-corrected chi connectivity index (χ4v) is 3.77. The first-order valence-electron chi connectivity index (χ1n) is 6.98. The summed E-state index contributed by atoms with van der Waals surface area (Å²) in [5.41, 5.74) is -0.321. The third-order valence-electron chi connectivity index (χ3n) is 4.77. The molecule has 0 bridgehead atoms. The zero-order valence-electron chi connectivity index (χ0n) is 11.7. The lowest BCUT2D eigenvalue weighted by atomic mass is 9.61. The van der Waals surface area contributed by atoms with Crippen LogP contribution in [0.1, 0.15) is 39.0 Å². The third kappa shape index (κ3) is 3.36. The van der Waals surface area contributed by atoms with E-state index in [1.165, 1.54) is 0 Å². The van der Waals surface area contributed by atoms with Gasteiger partial charge in [-0.25, -0.2) is 0 Å². The lowest BCUT2D eigenvalue weighted by molar-refractivity contribution is -0.0317. The van der Waals surface area contributed by atoms with Crippen LogP contribution in [0.4, 0.5) is 0 Å². The number of halogens is 2. The highest BCUT2D eigenvalue weighted by molar-refractivity contribution is 6.40. The number of hydrogen-bond acceptors (Lipinski definition) is 2. The second-order valence-electron chi connectivity index (χ2n) is 6.31. The van der Waals surface area contributed by atoms with E-state index in [1.807, 2.05) is 20.0 Å². The van der Waals surface area contributed by atoms with E-state index in [1.54, 1.807) is 0 Å². The highest BCUT2D eigenvalue weighted by Gasteiger charge is 2.44. The molecule has 108 valence electrons. The Balaban J connectivity index is 2.16. The van der Waals surface area contributed by atoms with Gasteiger partial charge in [0, 0.05) is 11.6 Å². The molecule has 0 spiro atoms. The third-order valence-corrected chi connectivity index (χ3v) is 5.58. The van der Waals surface area contributed by atoms with Crippen LogP contribution in [0.2, 0.25) is 0 Å². The largest absolute Gasteiger partial charge is 0.390 e. The molecular weight excluding hydrogens is 281 g/mol. The number of nitrogens with one attached hydrogen (secondary N) is 1. The molecule has 0 aliphatic heterocycles. The fraction of sp³-hybridized carbons (Fsp3) is 0.733. The Morgan fingerprint density at radius 2 is 1.95 bits per heavy atom. The molecule has 2 nitrogen and oxygen atoms in total. The van der Waals surface area contributed by atoms with Gasteiger partial charge in [0.1, 0.15) is 0 Å². The number of hydrogen-bond donors (Lipinski definition) is 2. The molecule has 1 saturated carbocycles. The van der Waals surface area contributed by atoms with Gasteiger partial charge in [-0.2, -0.15) is 0 Å². The van der Waals surface area contributed by atoms with Crippen molar-refractivity contribution in [3.05, 3.63) is 22.2 Å². The normalized spacial score (nSPS) is 39.7. The molecular formula is C15H23Cl2NO. The Morgan fingerprint density at radius 1 is 1.32 bits per heavy atom. The standard InChI is InChI=1S/C15H23Cl2NO/c1-14(19)5-7-15(8-6-14,10-18-2)11-3-4-12(16)13(17)9-11/h3-4,11,18-19H,5-10H2,1-2H3/t11?,14-,15-.